The summed E-state index contributed by atoms with van der Waals surface area (Å²) in [6, 6.07) is 0. The lowest BCUT2D eigenvalue weighted by atomic mass is 9.99. The molecule has 0 aliphatic heterocycles. The Morgan fingerprint density at radius 1 is 0.444 bits per heavy atom. The zero-order valence-electron chi connectivity index (χ0n) is 18.6. The molecule has 0 unspecified atom stereocenters. The van der Waals surface area contributed by atoms with Crippen LogP contribution < -0.4 is 0 Å². The Morgan fingerprint density at radius 3 is 1.22 bits per heavy atom. The molecule has 0 saturated heterocycles. The van der Waals surface area contributed by atoms with E-state index >= 15 is 0 Å². The predicted molar refractivity (Wildman–Crippen MR) is 108 cm³/mol. The second-order valence-corrected chi connectivity index (χ2v) is 8.73. The molecule has 0 aromatic carbocycles. The van der Waals surface area contributed by atoms with E-state index in [1.807, 2.05) is 20.8 Å². The first-order chi connectivity index (χ1) is 12.7. The predicted octanol–water partition coefficient (Wildman–Crippen LogP) is 3.71. The third-order valence-electron chi connectivity index (χ3n) is 3.24. The van der Waals surface area contributed by atoms with Crippen LogP contribution in [0.3, 0.4) is 0 Å². The van der Waals surface area contributed by atoms with Crippen LogP contribution in [0.1, 0.15) is 54.4 Å². The first-order valence-electron chi connectivity index (χ1n) is 10.2. The fourth-order valence-electron chi connectivity index (χ4n) is 1.96. The number of ether oxygens (including phenoxy) is 6. The van der Waals surface area contributed by atoms with E-state index in [9.17, 15) is 0 Å². The SMILES string of the molecule is CC(C)(C)COCCOCCOCCCCOCCOCCOC(C)(C)C. The molecule has 0 saturated carbocycles. The zero-order chi connectivity index (χ0) is 20.4. The van der Waals surface area contributed by atoms with Crippen LogP contribution >= 0.6 is 0 Å². The highest BCUT2D eigenvalue weighted by Gasteiger charge is 2.09. The maximum absolute atomic E-state index is 5.57. The zero-order valence-corrected chi connectivity index (χ0v) is 18.6. The minimum Gasteiger partial charge on any atom is -0.379 e. The van der Waals surface area contributed by atoms with E-state index in [4.69, 9.17) is 28.4 Å². The van der Waals surface area contributed by atoms with Crippen LogP contribution in [0.4, 0.5) is 0 Å². The average molecular weight is 393 g/mol. The molecule has 0 radical (unpaired) electrons. The maximum Gasteiger partial charge on any atom is 0.0707 e. The molecule has 0 heterocycles. The number of unbranched alkanes of at least 4 members (excludes halogenated alkanes) is 1. The van der Waals surface area contributed by atoms with Crippen molar-refractivity contribution in [3.63, 3.8) is 0 Å². The van der Waals surface area contributed by atoms with Crippen molar-refractivity contribution in [3.05, 3.63) is 0 Å². The molecule has 164 valence electrons. The van der Waals surface area contributed by atoms with Crippen molar-refractivity contribution in [2.24, 2.45) is 5.41 Å². The first kappa shape index (κ1) is 26.8. The van der Waals surface area contributed by atoms with Crippen molar-refractivity contribution in [1.29, 1.82) is 0 Å². The molecule has 0 rings (SSSR count). The van der Waals surface area contributed by atoms with Gasteiger partial charge in [-0.15, -0.1) is 0 Å². The van der Waals surface area contributed by atoms with Crippen LogP contribution in [-0.2, 0) is 28.4 Å². The Bertz CT molecular complexity index is 279. The standard InChI is InChI=1S/C21H44O6/c1-20(2,3)19-26-16-15-24-13-11-22-9-7-8-10-23-12-14-25-17-18-27-21(4,5)6/h7-19H2,1-6H3. The van der Waals surface area contributed by atoms with Crippen molar-refractivity contribution in [1.82, 2.24) is 0 Å². The van der Waals surface area contributed by atoms with E-state index in [1.165, 1.54) is 0 Å². The summed E-state index contributed by atoms with van der Waals surface area (Å²) in [5.74, 6) is 0. The minimum absolute atomic E-state index is 0.103. The second-order valence-electron chi connectivity index (χ2n) is 8.73. The van der Waals surface area contributed by atoms with Crippen molar-refractivity contribution in [2.45, 2.75) is 60.0 Å². The molecule has 0 N–H and O–H groups in total. The molecule has 0 bridgehead atoms. The van der Waals surface area contributed by atoms with Crippen molar-refractivity contribution in [3.8, 4) is 0 Å². The van der Waals surface area contributed by atoms with E-state index in [-0.39, 0.29) is 11.0 Å². The summed E-state index contributed by atoms with van der Waals surface area (Å²) < 4.78 is 33.1. The Kier molecular flexibility index (Phi) is 16.5. The fraction of sp³-hybridized carbons (Fsp3) is 1.00. The highest BCUT2D eigenvalue weighted by Crippen LogP contribution is 2.12. The molecular formula is C21H44O6. The topological polar surface area (TPSA) is 55.4 Å². The van der Waals surface area contributed by atoms with Crippen molar-refractivity contribution in [2.75, 3.05) is 72.7 Å². The average Bonchev–Trinajstić information content (AvgIpc) is 2.55. The third kappa shape index (κ3) is 25.8. The monoisotopic (exact) mass is 392 g/mol. The molecule has 27 heavy (non-hydrogen) atoms. The number of hydrogen-bond donors (Lipinski definition) is 0. The minimum atomic E-state index is -0.103. The lowest BCUT2D eigenvalue weighted by Gasteiger charge is -2.19. The van der Waals surface area contributed by atoms with E-state index in [0.717, 1.165) is 32.7 Å². The van der Waals surface area contributed by atoms with Gasteiger partial charge in [0.2, 0.25) is 0 Å². The van der Waals surface area contributed by atoms with Gasteiger partial charge in [0.05, 0.1) is 65.1 Å². The van der Waals surface area contributed by atoms with Crippen LogP contribution in [0.15, 0.2) is 0 Å². The van der Waals surface area contributed by atoms with Gasteiger partial charge in [0.1, 0.15) is 0 Å². The summed E-state index contributed by atoms with van der Waals surface area (Å²) in [4.78, 5) is 0. The lowest BCUT2D eigenvalue weighted by molar-refractivity contribution is -0.0427. The van der Waals surface area contributed by atoms with Gasteiger partial charge in [0.25, 0.3) is 0 Å². The summed E-state index contributed by atoms with van der Waals surface area (Å²) in [5.41, 5.74) is 0.107. The molecular weight excluding hydrogens is 348 g/mol. The summed E-state index contributed by atoms with van der Waals surface area (Å²) >= 11 is 0. The highest BCUT2D eigenvalue weighted by atomic mass is 16.6. The third-order valence-corrected chi connectivity index (χ3v) is 3.24. The van der Waals surface area contributed by atoms with E-state index < -0.39 is 0 Å². The Hall–Kier alpha value is -0.240. The normalized spacial score (nSPS) is 12.7. The highest BCUT2D eigenvalue weighted by molar-refractivity contribution is 4.58. The Balaban J connectivity index is 3.07. The fourth-order valence-corrected chi connectivity index (χ4v) is 1.96. The van der Waals surface area contributed by atoms with E-state index in [0.29, 0.717) is 52.9 Å². The van der Waals surface area contributed by atoms with Crippen LogP contribution in [0.5, 0.6) is 0 Å². The maximum atomic E-state index is 5.57. The smallest absolute Gasteiger partial charge is 0.0707 e. The molecule has 0 aliphatic carbocycles. The Labute approximate surface area is 167 Å². The van der Waals surface area contributed by atoms with E-state index in [1.54, 1.807) is 0 Å². The molecule has 0 atom stereocenters. The molecule has 0 fully saturated rings. The van der Waals surface area contributed by atoms with Crippen LogP contribution in [0.25, 0.3) is 0 Å². The van der Waals surface area contributed by atoms with Gasteiger partial charge >= 0.3 is 0 Å². The lowest BCUT2D eigenvalue weighted by Crippen LogP contribution is -2.22. The molecule has 0 amide bonds. The molecule has 0 aromatic heterocycles. The molecule has 0 aromatic rings. The van der Waals surface area contributed by atoms with Gasteiger partial charge in [-0.25, -0.2) is 0 Å². The number of hydrogen-bond acceptors (Lipinski definition) is 6. The van der Waals surface area contributed by atoms with Gasteiger partial charge in [-0.1, -0.05) is 20.8 Å². The quantitative estimate of drug-likeness (QED) is 0.332. The van der Waals surface area contributed by atoms with Gasteiger partial charge in [-0.2, -0.15) is 0 Å². The second kappa shape index (κ2) is 16.7. The van der Waals surface area contributed by atoms with Gasteiger partial charge in [-0.05, 0) is 39.0 Å². The molecule has 0 spiro atoms. The van der Waals surface area contributed by atoms with Gasteiger partial charge in [-0.3, -0.25) is 0 Å². The first-order valence-corrected chi connectivity index (χ1v) is 10.2. The van der Waals surface area contributed by atoms with Crippen molar-refractivity contribution < 1.29 is 28.4 Å². The molecule has 6 nitrogen and oxygen atoms in total. The van der Waals surface area contributed by atoms with Gasteiger partial charge in [0.15, 0.2) is 0 Å². The summed E-state index contributed by atoms with van der Waals surface area (Å²) in [7, 11) is 0. The summed E-state index contributed by atoms with van der Waals surface area (Å²) in [6.07, 6.45) is 1.99. The molecule has 0 aliphatic rings. The number of rotatable bonds is 18. The summed E-state index contributed by atoms with van der Waals surface area (Å²) in [5, 5.41) is 0. The van der Waals surface area contributed by atoms with E-state index in [2.05, 4.69) is 20.8 Å². The van der Waals surface area contributed by atoms with Gasteiger partial charge < -0.3 is 28.4 Å². The van der Waals surface area contributed by atoms with Crippen LogP contribution in [-0.4, -0.2) is 78.3 Å². The Morgan fingerprint density at radius 2 is 0.815 bits per heavy atom. The molecule has 6 heteroatoms. The largest absolute Gasteiger partial charge is 0.379 e. The van der Waals surface area contributed by atoms with Crippen molar-refractivity contribution >= 4 is 0 Å². The van der Waals surface area contributed by atoms with Gasteiger partial charge in [0, 0.05) is 13.2 Å². The van der Waals surface area contributed by atoms with Crippen LogP contribution in [0.2, 0.25) is 0 Å². The van der Waals surface area contributed by atoms with Crippen LogP contribution in [0, 0.1) is 5.41 Å². The summed E-state index contributed by atoms with van der Waals surface area (Å²) in [6.45, 7) is 19.8.